The van der Waals surface area contributed by atoms with Crippen LogP contribution in [0.25, 0.3) is 11.1 Å². The number of hydrogen-bond acceptors (Lipinski definition) is 4. The van der Waals surface area contributed by atoms with Gasteiger partial charge >= 0.3 is 6.11 Å². The molecule has 158 valence electrons. The molecule has 0 radical (unpaired) electrons. The van der Waals surface area contributed by atoms with E-state index in [1.165, 1.54) is 11.0 Å². The number of fused-ring (bicyclic) bond motifs is 1. The molecule has 31 heavy (non-hydrogen) atoms. The van der Waals surface area contributed by atoms with E-state index in [0.29, 0.717) is 25.6 Å². The lowest BCUT2D eigenvalue weighted by molar-refractivity contribution is -0.158. The lowest BCUT2D eigenvalue weighted by atomic mass is 10.0. The summed E-state index contributed by atoms with van der Waals surface area (Å²) < 4.78 is 32.3. The molecule has 2 aromatic carbocycles. The molecule has 7 heteroatoms. The zero-order chi connectivity index (χ0) is 22.0. The van der Waals surface area contributed by atoms with Gasteiger partial charge in [-0.3, -0.25) is 14.8 Å². The van der Waals surface area contributed by atoms with E-state index in [0.717, 1.165) is 22.3 Å². The molecule has 0 aliphatic carbocycles. The standard InChI is InChI=1S/C24H21F2N3O2/c1-24(25,26)31-22-10-17(8-9-20(22)16-6-4-3-5-7-16)23(30)29(2)15-19-13-27-11-18-12-28-14-21(18)19/h3-13H,14-15H2,1-2H3. The van der Waals surface area contributed by atoms with Crippen molar-refractivity contribution in [1.82, 2.24) is 9.88 Å². The summed E-state index contributed by atoms with van der Waals surface area (Å²) in [4.78, 5) is 23.0. The minimum absolute atomic E-state index is 0.0476. The van der Waals surface area contributed by atoms with Crippen LogP contribution in [0.3, 0.4) is 0 Å². The van der Waals surface area contributed by atoms with Crippen molar-refractivity contribution in [3.8, 4) is 16.9 Å². The van der Waals surface area contributed by atoms with Gasteiger partial charge in [0, 0.05) is 55.8 Å². The van der Waals surface area contributed by atoms with Crippen LogP contribution in [0.1, 0.15) is 34.0 Å². The van der Waals surface area contributed by atoms with E-state index in [9.17, 15) is 13.6 Å². The summed E-state index contributed by atoms with van der Waals surface area (Å²) in [7, 11) is 1.66. The molecule has 0 spiro atoms. The molecular formula is C24H21F2N3O2. The van der Waals surface area contributed by atoms with E-state index in [4.69, 9.17) is 4.74 Å². The van der Waals surface area contributed by atoms with Gasteiger partial charge in [-0.05, 0) is 34.9 Å². The molecule has 0 atom stereocenters. The molecule has 2 heterocycles. The molecule has 1 amide bonds. The number of carbonyl (C=O) groups excluding carboxylic acids is 1. The Morgan fingerprint density at radius 1 is 1.16 bits per heavy atom. The van der Waals surface area contributed by atoms with E-state index >= 15 is 0 Å². The summed E-state index contributed by atoms with van der Waals surface area (Å²) in [5, 5.41) is 0. The molecule has 3 aromatic rings. The summed E-state index contributed by atoms with van der Waals surface area (Å²) in [5.41, 5.74) is 4.38. The third-order valence-corrected chi connectivity index (χ3v) is 5.02. The number of carbonyl (C=O) groups is 1. The number of hydrogen-bond donors (Lipinski definition) is 0. The first kappa shape index (κ1) is 20.7. The first-order chi connectivity index (χ1) is 14.8. The Bertz CT molecular complexity index is 1140. The van der Waals surface area contributed by atoms with Crippen molar-refractivity contribution in [1.29, 1.82) is 0 Å². The topological polar surface area (TPSA) is 54.8 Å². The molecule has 0 unspecified atom stereocenters. The van der Waals surface area contributed by atoms with E-state index in [2.05, 4.69) is 9.98 Å². The highest BCUT2D eigenvalue weighted by molar-refractivity contribution is 5.95. The van der Waals surface area contributed by atoms with E-state index in [1.54, 1.807) is 49.9 Å². The first-order valence-electron chi connectivity index (χ1n) is 9.79. The van der Waals surface area contributed by atoms with Crippen LogP contribution in [0.4, 0.5) is 8.78 Å². The molecule has 0 saturated carbocycles. The van der Waals surface area contributed by atoms with Crippen LogP contribution in [-0.2, 0) is 13.1 Å². The second-order valence-electron chi connectivity index (χ2n) is 7.48. The number of alkyl halides is 2. The lowest BCUT2D eigenvalue weighted by Crippen LogP contribution is -2.27. The summed E-state index contributed by atoms with van der Waals surface area (Å²) in [6.45, 7) is 1.57. The van der Waals surface area contributed by atoms with Gasteiger partial charge in [0.05, 0.1) is 6.54 Å². The van der Waals surface area contributed by atoms with Gasteiger partial charge in [0.2, 0.25) is 0 Å². The molecule has 0 N–H and O–H groups in total. The number of benzene rings is 2. The summed E-state index contributed by atoms with van der Waals surface area (Å²) in [6.07, 6.45) is 1.85. The van der Waals surface area contributed by atoms with Crippen molar-refractivity contribution in [2.24, 2.45) is 4.99 Å². The van der Waals surface area contributed by atoms with E-state index < -0.39 is 6.11 Å². The average molecular weight is 421 g/mol. The van der Waals surface area contributed by atoms with Gasteiger partial charge in [0.25, 0.3) is 5.91 Å². The van der Waals surface area contributed by atoms with Gasteiger partial charge in [-0.1, -0.05) is 30.3 Å². The fourth-order valence-corrected chi connectivity index (χ4v) is 3.56. The molecular weight excluding hydrogens is 400 g/mol. The molecule has 4 rings (SSSR count). The van der Waals surface area contributed by atoms with Crippen molar-refractivity contribution >= 4 is 12.1 Å². The van der Waals surface area contributed by atoms with E-state index in [1.807, 2.05) is 18.2 Å². The molecule has 1 aliphatic heterocycles. The van der Waals surface area contributed by atoms with Gasteiger partial charge in [-0.25, -0.2) is 0 Å². The van der Waals surface area contributed by atoms with Crippen LogP contribution in [-0.4, -0.2) is 35.2 Å². The maximum Gasteiger partial charge on any atom is 0.394 e. The Morgan fingerprint density at radius 2 is 1.94 bits per heavy atom. The van der Waals surface area contributed by atoms with Gasteiger partial charge in [0.15, 0.2) is 0 Å². The summed E-state index contributed by atoms with van der Waals surface area (Å²) in [6, 6.07) is 13.7. The van der Waals surface area contributed by atoms with Crippen molar-refractivity contribution in [3.05, 3.63) is 83.2 Å². The van der Waals surface area contributed by atoms with E-state index in [-0.39, 0.29) is 17.2 Å². The highest BCUT2D eigenvalue weighted by Gasteiger charge is 2.26. The molecule has 0 bridgehead atoms. The highest BCUT2D eigenvalue weighted by Crippen LogP contribution is 2.34. The number of nitrogens with zero attached hydrogens (tertiary/aromatic N) is 3. The lowest BCUT2D eigenvalue weighted by Gasteiger charge is -2.21. The highest BCUT2D eigenvalue weighted by atomic mass is 19.3. The minimum Gasteiger partial charge on any atom is -0.432 e. The van der Waals surface area contributed by atoms with Crippen LogP contribution in [0.5, 0.6) is 5.75 Å². The van der Waals surface area contributed by atoms with Gasteiger partial charge in [-0.15, -0.1) is 0 Å². The fourth-order valence-electron chi connectivity index (χ4n) is 3.56. The van der Waals surface area contributed by atoms with Gasteiger partial charge < -0.3 is 9.64 Å². The fraction of sp³-hybridized carbons (Fsp3) is 0.208. The predicted molar refractivity (Wildman–Crippen MR) is 114 cm³/mol. The zero-order valence-corrected chi connectivity index (χ0v) is 17.2. The Hall–Kier alpha value is -3.61. The van der Waals surface area contributed by atoms with Gasteiger partial charge in [0.1, 0.15) is 5.75 Å². The van der Waals surface area contributed by atoms with Crippen LogP contribution >= 0.6 is 0 Å². The first-order valence-corrected chi connectivity index (χ1v) is 9.79. The van der Waals surface area contributed by atoms with Crippen LogP contribution in [0, 0.1) is 0 Å². The second kappa shape index (κ2) is 8.26. The number of aliphatic imine (C=N–C) groups is 1. The number of pyridine rings is 1. The number of halogens is 2. The minimum atomic E-state index is -3.38. The summed E-state index contributed by atoms with van der Waals surface area (Å²) in [5.74, 6) is -0.353. The Labute approximate surface area is 179 Å². The van der Waals surface area contributed by atoms with Crippen molar-refractivity contribution < 1.29 is 18.3 Å². The maximum absolute atomic E-state index is 13.7. The molecule has 1 aliphatic rings. The monoisotopic (exact) mass is 421 g/mol. The van der Waals surface area contributed by atoms with Crippen LogP contribution in [0.15, 0.2) is 65.9 Å². The Morgan fingerprint density at radius 3 is 2.68 bits per heavy atom. The number of rotatable bonds is 6. The Kier molecular flexibility index (Phi) is 5.50. The largest absolute Gasteiger partial charge is 0.432 e. The number of ether oxygens (including phenoxy) is 1. The third-order valence-electron chi connectivity index (χ3n) is 5.02. The van der Waals surface area contributed by atoms with Crippen molar-refractivity contribution in [3.63, 3.8) is 0 Å². The smallest absolute Gasteiger partial charge is 0.394 e. The Balaban J connectivity index is 1.62. The maximum atomic E-state index is 13.7. The number of aromatic nitrogens is 1. The normalized spacial score (nSPS) is 12.5. The molecule has 5 nitrogen and oxygen atoms in total. The summed E-state index contributed by atoms with van der Waals surface area (Å²) >= 11 is 0. The second-order valence-corrected chi connectivity index (χ2v) is 7.48. The predicted octanol–water partition coefficient (Wildman–Crippen LogP) is 4.94. The van der Waals surface area contributed by atoms with Crippen molar-refractivity contribution in [2.45, 2.75) is 26.1 Å². The average Bonchev–Trinajstić information content (AvgIpc) is 3.22. The van der Waals surface area contributed by atoms with Crippen molar-refractivity contribution in [2.75, 3.05) is 7.05 Å². The zero-order valence-electron chi connectivity index (χ0n) is 17.2. The molecule has 0 saturated heterocycles. The SMILES string of the molecule is CN(Cc1cncc2c1CN=C2)C(=O)c1ccc(-c2ccccc2)c(OC(C)(F)F)c1. The van der Waals surface area contributed by atoms with Gasteiger partial charge in [-0.2, -0.15) is 8.78 Å². The third kappa shape index (κ3) is 4.60. The number of amides is 1. The van der Waals surface area contributed by atoms with Crippen LogP contribution in [0.2, 0.25) is 0 Å². The molecule has 0 fully saturated rings. The molecule has 1 aromatic heterocycles. The quantitative estimate of drug-likeness (QED) is 0.566. The van der Waals surface area contributed by atoms with Crippen LogP contribution < -0.4 is 4.74 Å².